The zero-order valence-electron chi connectivity index (χ0n) is 41.9. The van der Waals surface area contributed by atoms with Crippen LogP contribution in [0.2, 0.25) is 0 Å². The van der Waals surface area contributed by atoms with Gasteiger partial charge < -0.3 is 31.3 Å². The van der Waals surface area contributed by atoms with Gasteiger partial charge in [-0.1, -0.05) is 188 Å². The maximum atomic E-state index is 14.0. The lowest BCUT2D eigenvalue weighted by Crippen LogP contribution is -2.44. The predicted molar refractivity (Wildman–Crippen MR) is 296 cm³/mol. The second kappa shape index (κ2) is 29.6. The molecule has 0 heterocycles. The largest absolute Gasteiger partial charge is 0.481 e. The van der Waals surface area contributed by atoms with Gasteiger partial charge >= 0.3 is 17.9 Å². The standard InChI is InChI=1S/C60H66N4O9S2/c65-53(62-51(57(70)71)35-37-54(66)63-52(58(72)73)36-38-56(68)69)34-20-7-21-40-64(41-43-75-60(48-28-14-4-15-29-48,49-30-16-5-17-31-49)50-32-18-6-19-33-50)44-55(67)61-39-42-74-59(45-22-8-1-9-23-45,46-24-10-2-11-25-46)47-26-12-3-13-27-47/h1-6,8-19,22-33,51-52H,7,20-21,34-44H2,(H,61,67)(H,62,65)(H,63,66)(H,68,69)(H,70,71)(H,72,73). The maximum Gasteiger partial charge on any atom is 0.326 e. The molecule has 6 rings (SSSR count). The van der Waals surface area contributed by atoms with Crippen molar-refractivity contribution in [1.29, 1.82) is 0 Å². The number of hydrogen-bond acceptors (Lipinski definition) is 9. The first-order valence-corrected chi connectivity index (χ1v) is 27.3. The summed E-state index contributed by atoms with van der Waals surface area (Å²) in [4.78, 5) is 76.1. The van der Waals surface area contributed by atoms with E-state index < -0.39 is 64.1 Å². The van der Waals surface area contributed by atoms with Crippen LogP contribution in [0.4, 0.5) is 0 Å². The zero-order valence-corrected chi connectivity index (χ0v) is 43.6. The number of aliphatic carboxylic acids is 3. The van der Waals surface area contributed by atoms with Crippen LogP contribution < -0.4 is 16.0 Å². The fourth-order valence-electron chi connectivity index (χ4n) is 9.18. The summed E-state index contributed by atoms with van der Waals surface area (Å²) in [5, 5.41) is 36.0. The monoisotopic (exact) mass is 1050 g/mol. The molecular weight excluding hydrogens is 985 g/mol. The van der Waals surface area contributed by atoms with Gasteiger partial charge in [0.05, 0.1) is 16.0 Å². The Bertz CT molecular complexity index is 2530. The SMILES string of the molecule is O=C(O)CCC(NC(=O)CCC(NC(=O)CCCCCN(CCSC(c1ccccc1)(c1ccccc1)c1ccccc1)CC(=O)NCCSC(c1ccccc1)(c1ccccc1)c1ccccc1)C(=O)O)C(=O)O. The highest BCUT2D eigenvalue weighted by Crippen LogP contribution is 2.49. The van der Waals surface area contributed by atoms with Gasteiger partial charge in [-0.25, -0.2) is 9.59 Å². The van der Waals surface area contributed by atoms with Crippen molar-refractivity contribution >= 4 is 59.2 Å². The van der Waals surface area contributed by atoms with Gasteiger partial charge in [-0.05, 0) is 65.6 Å². The average molecular weight is 1050 g/mol. The molecular formula is C60H66N4O9S2. The van der Waals surface area contributed by atoms with Crippen LogP contribution in [0, 0.1) is 0 Å². The van der Waals surface area contributed by atoms with E-state index in [4.69, 9.17) is 5.11 Å². The molecule has 0 radical (unpaired) electrons. The van der Waals surface area contributed by atoms with Crippen molar-refractivity contribution in [2.45, 2.75) is 72.9 Å². The van der Waals surface area contributed by atoms with Crippen molar-refractivity contribution in [3.8, 4) is 0 Å². The molecule has 3 amide bonds. The van der Waals surface area contributed by atoms with Crippen LogP contribution in [0.1, 0.15) is 84.7 Å². The average Bonchev–Trinajstić information content (AvgIpc) is 3.43. The minimum atomic E-state index is -1.45. The van der Waals surface area contributed by atoms with Gasteiger partial charge in [0, 0.05) is 43.9 Å². The van der Waals surface area contributed by atoms with Crippen LogP contribution in [-0.4, -0.2) is 106 Å². The number of carboxylic acids is 3. The number of amides is 3. The van der Waals surface area contributed by atoms with Crippen molar-refractivity contribution in [3.63, 3.8) is 0 Å². The summed E-state index contributed by atoms with van der Waals surface area (Å²) in [5.41, 5.74) is 6.84. The molecule has 75 heavy (non-hydrogen) atoms. The molecule has 0 aliphatic rings. The topological polar surface area (TPSA) is 202 Å². The Kier molecular flexibility index (Phi) is 22.6. The molecule has 2 atom stereocenters. The van der Waals surface area contributed by atoms with Crippen molar-refractivity contribution in [3.05, 3.63) is 215 Å². The molecule has 6 aromatic rings. The quantitative estimate of drug-likeness (QED) is 0.0173. The van der Waals surface area contributed by atoms with Gasteiger partial charge in [0.15, 0.2) is 0 Å². The highest BCUT2D eigenvalue weighted by molar-refractivity contribution is 8.00. The molecule has 0 aliphatic carbocycles. The summed E-state index contributed by atoms with van der Waals surface area (Å²) in [6.45, 7) is 1.74. The number of rotatable bonds is 32. The molecule has 15 heteroatoms. The Morgan fingerprint density at radius 3 is 1.16 bits per heavy atom. The van der Waals surface area contributed by atoms with Crippen molar-refractivity contribution in [2.75, 3.05) is 37.7 Å². The number of nitrogens with one attached hydrogen (secondary N) is 3. The number of carbonyl (C=O) groups is 6. The maximum absolute atomic E-state index is 14.0. The smallest absolute Gasteiger partial charge is 0.326 e. The van der Waals surface area contributed by atoms with E-state index >= 15 is 0 Å². The molecule has 0 aromatic heterocycles. The summed E-state index contributed by atoms with van der Waals surface area (Å²) in [6.07, 6.45) is 0.253. The van der Waals surface area contributed by atoms with E-state index in [2.05, 4.69) is 166 Å². The van der Waals surface area contributed by atoms with E-state index in [1.807, 2.05) is 48.2 Å². The Hall–Kier alpha value is -7.20. The van der Waals surface area contributed by atoms with Gasteiger partial charge in [-0.15, -0.1) is 23.5 Å². The second-order valence-electron chi connectivity index (χ2n) is 18.1. The zero-order chi connectivity index (χ0) is 53.3. The molecule has 0 saturated carbocycles. The fraction of sp³-hybridized carbons (Fsp3) is 0.300. The second-order valence-corrected chi connectivity index (χ2v) is 20.7. The summed E-state index contributed by atoms with van der Waals surface area (Å²) < 4.78 is -1.08. The van der Waals surface area contributed by atoms with Crippen LogP contribution in [0.25, 0.3) is 0 Å². The normalized spacial score (nSPS) is 12.3. The molecule has 0 fully saturated rings. The molecule has 2 unspecified atom stereocenters. The Labute approximate surface area is 447 Å². The van der Waals surface area contributed by atoms with Crippen molar-refractivity contribution < 1.29 is 44.1 Å². The minimum absolute atomic E-state index is 0.0322. The Morgan fingerprint density at radius 2 is 0.787 bits per heavy atom. The van der Waals surface area contributed by atoms with Crippen LogP contribution >= 0.6 is 23.5 Å². The number of carboxylic acid groups (broad SMARTS) is 3. The summed E-state index contributed by atoms with van der Waals surface area (Å²) in [7, 11) is 0. The first-order valence-electron chi connectivity index (χ1n) is 25.3. The molecule has 13 nitrogen and oxygen atoms in total. The number of thioether (sulfide) groups is 2. The molecule has 0 spiro atoms. The summed E-state index contributed by atoms with van der Waals surface area (Å²) in [5.74, 6) is -4.05. The molecule has 0 bridgehead atoms. The third kappa shape index (κ3) is 16.6. The molecule has 0 aliphatic heterocycles. The van der Waals surface area contributed by atoms with E-state index in [0.29, 0.717) is 50.4 Å². The third-order valence-electron chi connectivity index (χ3n) is 12.9. The van der Waals surface area contributed by atoms with Crippen LogP contribution in [0.15, 0.2) is 182 Å². The molecule has 6 aromatic carbocycles. The van der Waals surface area contributed by atoms with Crippen LogP contribution in [0.3, 0.4) is 0 Å². The van der Waals surface area contributed by atoms with E-state index in [9.17, 15) is 39.0 Å². The highest BCUT2D eigenvalue weighted by atomic mass is 32.2. The number of benzene rings is 6. The van der Waals surface area contributed by atoms with Gasteiger partial charge in [-0.3, -0.25) is 24.1 Å². The lowest BCUT2D eigenvalue weighted by atomic mass is 9.84. The fourth-order valence-corrected chi connectivity index (χ4v) is 12.2. The van der Waals surface area contributed by atoms with Gasteiger partial charge in [0.1, 0.15) is 12.1 Å². The van der Waals surface area contributed by atoms with Crippen LogP contribution in [0.5, 0.6) is 0 Å². The Balaban J connectivity index is 1.11. The summed E-state index contributed by atoms with van der Waals surface area (Å²) in [6, 6.07) is 59.9. The van der Waals surface area contributed by atoms with E-state index in [-0.39, 0.29) is 31.7 Å². The first kappa shape index (κ1) is 57.1. The lowest BCUT2D eigenvalue weighted by Gasteiger charge is -2.36. The lowest BCUT2D eigenvalue weighted by molar-refractivity contribution is -0.144. The van der Waals surface area contributed by atoms with Crippen molar-refractivity contribution in [2.24, 2.45) is 0 Å². The van der Waals surface area contributed by atoms with Gasteiger partial charge in [-0.2, -0.15) is 0 Å². The highest BCUT2D eigenvalue weighted by Gasteiger charge is 2.38. The Morgan fingerprint density at radius 1 is 0.427 bits per heavy atom. The number of nitrogens with zero attached hydrogens (tertiary/aromatic N) is 1. The molecule has 0 saturated heterocycles. The number of hydrogen-bond donors (Lipinski definition) is 6. The van der Waals surface area contributed by atoms with Crippen LogP contribution in [-0.2, 0) is 38.3 Å². The predicted octanol–water partition coefficient (Wildman–Crippen LogP) is 9.20. The van der Waals surface area contributed by atoms with Gasteiger partial charge in [0.25, 0.3) is 0 Å². The van der Waals surface area contributed by atoms with Gasteiger partial charge in [0.2, 0.25) is 17.7 Å². The van der Waals surface area contributed by atoms with E-state index in [0.717, 1.165) is 33.4 Å². The van der Waals surface area contributed by atoms with E-state index in [1.54, 1.807) is 11.8 Å². The minimum Gasteiger partial charge on any atom is -0.481 e. The number of unbranched alkanes of at least 4 members (excludes halogenated alkanes) is 2. The number of carbonyl (C=O) groups excluding carboxylic acids is 3. The van der Waals surface area contributed by atoms with E-state index in [1.165, 1.54) is 0 Å². The molecule has 392 valence electrons. The first-order chi connectivity index (χ1) is 36.4. The third-order valence-corrected chi connectivity index (χ3v) is 15.9. The summed E-state index contributed by atoms with van der Waals surface area (Å²) >= 11 is 3.60. The van der Waals surface area contributed by atoms with Crippen molar-refractivity contribution in [1.82, 2.24) is 20.9 Å². The molecule has 6 N–H and O–H groups in total.